The Hall–Kier alpha value is -1.45. The van der Waals surface area contributed by atoms with Gasteiger partial charge in [0, 0.05) is 13.3 Å². The average Bonchev–Trinajstić information content (AvgIpc) is 3.57. The van der Waals surface area contributed by atoms with Gasteiger partial charge in [-0.15, -0.1) is 0 Å². The summed E-state index contributed by atoms with van der Waals surface area (Å²) in [6, 6.07) is 0. The van der Waals surface area contributed by atoms with Crippen LogP contribution in [0.1, 0.15) is 65.7 Å². The Morgan fingerprint density at radius 2 is 1.16 bits per heavy atom. The molecular formula is C27H34F12O4. The normalized spacial score (nSPS) is 35.2. The number of esters is 1. The maximum Gasteiger partial charge on any atom is 0.437 e. The fraction of sp³-hybridized carbons (Fsp3) is 0.963. The van der Waals surface area contributed by atoms with Crippen molar-refractivity contribution >= 4 is 5.97 Å². The molecule has 0 spiro atoms. The van der Waals surface area contributed by atoms with Gasteiger partial charge in [-0.1, -0.05) is 13.8 Å². The summed E-state index contributed by atoms with van der Waals surface area (Å²) in [5.74, 6) is -5.93. The van der Waals surface area contributed by atoms with Gasteiger partial charge >= 0.3 is 36.3 Å². The van der Waals surface area contributed by atoms with Gasteiger partial charge in [0.2, 0.25) is 0 Å². The molecule has 4 aliphatic rings. The summed E-state index contributed by atoms with van der Waals surface area (Å²) >= 11 is 0. The van der Waals surface area contributed by atoms with Crippen LogP contribution in [0.3, 0.4) is 0 Å². The molecule has 0 N–H and O–H groups in total. The van der Waals surface area contributed by atoms with E-state index >= 15 is 0 Å². The molecule has 9 atom stereocenters. The zero-order chi connectivity index (χ0) is 32.6. The summed E-state index contributed by atoms with van der Waals surface area (Å²) in [6.07, 6.45) is -27.6. The van der Waals surface area contributed by atoms with E-state index in [1.807, 2.05) is 6.92 Å². The van der Waals surface area contributed by atoms with E-state index in [1.54, 1.807) is 6.92 Å². The largest absolute Gasteiger partial charge is 0.440 e. The third-order valence-electron chi connectivity index (χ3n) is 10.8. The van der Waals surface area contributed by atoms with E-state index in [4.69, 9.17) is 4.74 Å². The summed E-state index contributed by atoms with van der Waals surface area (Å²) in [7, 11) is 0. The maximum atomic E-state index is 14.2. The molecule has 4 aliphatic carbocycles. The predicted octanol–water partition coefficient (Wildman–Crippen LogP) is 8.39. The van der Waals surface area contributed by atoms with Crippen LogP contribution in [0.5, 0.6) is 0 Å². The summed E-state index contributed by atoms with van der Waals surface area (Å²) in [5, 5.41) is 0. The number of carbonyl (C=O) groups excluding carboxylic acids is 1. The van der Waals surface area contributed by atoms with E-state index in [-0.39, 0.29) is 49.4 Å². The van der Waals surface area contributed by atoms with Crippen molar-refractivity contribution < 1.29 is 71.7 Å². The first-order chi connectivity index (χ1) is 19.4. The van der Waals surface area contributed by atoms with Crippen molar-refractivity contribution in [2.45, 2.75) is 108 Å². The van der Waals surface area contributed by atoms with E-state index in [9.17, 15) is 57.5 Å². The summed E-state index contributed by atoms with van der Waals surface area (Å²) in [5.41, 5.74) is -9.40. The van der Waals surface area contributed by atoms with Gasteiger partial charge < -0.3 is 14.2 Å². The van der Waals surface area contributed by atoms with Gasteiger partial charge in [0.25, 0.3) is 5.60 Å². The van der Waals surface area contributed by atoms with Crippen LogP contribution < -0.4 is 0 Å². The molecule has 0 aromatic heterocycles. The van der Waals surface area contributed by atoms with Gasteiger partial charge in [0.15, 0.2) is 0 Å². The molecule has 0 aromatic rings. The van der Waals surface area contributed by atoms with Crippen molar-refractivity contribution in [3.8, 4) is 0 Å². The Balaban J connectivity index is 1.50. The standard InChI is InChI=1S/C27H34F12O4/c1-12-13(2)19-8-16(12)7-18(19)9-22(24(28,29)30,25(31,32)33)42-11-41-21-6-15-4-17(20(21)5-15)10-23(26(34,35)36,27(37,38)39)43-14(3)40/h12-13,15-21H,4-11H2,1-3H3. The van der Waals surface area contributed by atoms with E-state index in [0.717, 1.165) is 0 Å². The molecule has 0 aliphatic heterocycles. The van der Waals surface area contributed by atoms with Crippen molar-refractivity contribution in [1.82, 2.24) is 0 Å². The fourth-order valence-electron chi connectivity index (χ4n) is 8.55. The van der Waals surface area contributed by atoms with Crippen LogP contribution in [0, 0.1) is 47.3 Å². The minimum atomic E-state index is -6.05. The van der Waals surface area contributed by atoms with Crippen molar-refractivity contribution in [2.24, 2.45) is 47.3 Å². The van der Waals surface area contributed by atoms with E-state index in [0.29, 0.717) is 13.3 Å². The van der Waals surface area contributed by atoms with Crippen molar-refractivity contribution in [3.05, 3.63) is 0 Å². The topological polar surface area (TPSA) is 44.8 Å². The van der Waals surface area contributed by atoms with Crippen molar-refractivity contribution in [1.29, 1.82) is 0 Å². The van der Waals surface area contributed by atoms with Gasteiger partial charge in [-0.05, 0) is 85.9 Å². The van der Waals surface area contributed by atoms with E-state index in [2.05, 4.69) is 9.47 Å². The van der Waals surface area contributed by atoms with Crippen LogP contribution in [-0.4, -0.2) is 54.8 Å². The zero-order valence-electron chi connectivity index (χ0n) is 23.5. The summed E-state index contributed by atoms with van der Waals surface area (Å²) < 4.78 is 182. The molecule has 0 heterocycles. The molecule has 4 bridgehead atoms. The summed E-state index contributed by atoms with van der Waals surface area (Å²) in [4.78, 5) is 11.3. The number of rotatable bonds is 9. The lowest BCUT2D eigenvalue weighted by molar-refractivity contribution is -0.400. The zero-order valence-corrected chi connectivity index (χ0v) is 23.5. The van der Waals surface area contributed by atoms with Crippen LogP contribution in [0.25, 0.3) is 0 Å². The smallest absolute Gasteiger partial charge is 0.437 e. The summed E-state index contributed by atoms with van der Waals surface area (Å²) in [6.45, 7) is 2.59. The number of fused-ring (bicyclic) bond motifs is 4. The Morgan fingerprint density at radius 3 is 1.60 bits per heavy atom. The quantitative estimate of drug-likeness (QED) is 0.143. The molecule has 0 saturated heterocycles. The molecule has 4 rings (SSSR count). The Labute approximate surface area is 240 Å². The second-order valence-electron chi connectivity index (χ2n) is 13.0. The minimum Gasteiger partial charge on any atom is -0.440 e. The van der Waals surface area contributed by atoms with Gasteiger partial charge in [-0.3, -0.25) is 4.79 Å². The van der Waals surface area contributed by atoms with E-state index < -0.39 is 91.3 Å². The first-order valence-electron chi connectivity index (χ1n) is 14.2. The molecule has 4 nitrogen and oxygen atoms in total. The van der Waals surface area contributed by atoms with Gasteiger partial charge in [0.1, 0.15) is 6.79 Å². The molecule has 43 heavy (non-hydrogen) atoms. The highest BCUT2D eigenvalue weighted by Gasteiger charge is 2.76. The molecule has 0 aromatic carbocycles. The molecule has 16 heteroatoms. The molecule has 0 radical (unpaired) electrons. The Morgan fingerprint density at radius 1 is 0.651 bits per heavy atom. The monoisotopic (exact) mass is 650 g/mol. The van der Waals surface area contributed by atoms with Gasteiger partial charge in [0.05, 0.1) is 6.10 Å². The predicted molar refractivity (Wildman–Crippen MR) is 124 cm³/mol. The second kappa shape index (κ2) is 11.1. The van der Waals surface area contributed by atoms with Crippen LogP contribution in [0.4, 0.5) is 52.7 Å². The number of hydrogen-bond acceptors (Lipinski definition) is 4. The molecule has 250 valence electrons. The molecule has 4 fully saturated rings. The third-order valence-corrected chi connectivity index (χ3v) is 10.8. The lowest BCUT2D eigenvalue weighted by Crippen LogP contribution is -2.61. The van der Waals surface area contributed by atoms with Crippen molar-refractivity contribution in [2.75, 3.05) is 6.79 Å². The fourth-order valence-corrected chi connectivity index (χ4v) is 8.55. The van der Waals surface area contributed by atoms with Crippen molar-refractivity contribution in [3.63, 3.8) is 0 Å². The second-order valence-corrected chi connectivity index (χ2v) is 13.0. The lowest BCUT2D eigenvalue weighted by atomic mass is 9.71. The Kier molecular flexibility index (Phi) is 8.90. The highest BCUT2D eigenvalue weighted by atomic mass is 19.4. The van der Waals surface area contributed by atoms with Crippen LogP contribution >= 0.6 is 0 Å². The molecular weight excluding hydrogens is 616 g/mol. The molecule has 9 unspecified atom stereocenters. The molecule has 0 amide bonds. The molecule has 4 saturated carbocycles. The van der Waals surface area contributed by atoms with Gasteiger partial charge in [-0.2, -0.15) is 52.7 Å². The number of halogens is 12. The van der Waals surface area contributed by atoms with Crippen LogP contribution in [0.2, 0.25) is 0 Å². The first kappa shape index (κ1) is 34.4. The third kappa shape index (κ3) is 5.96. The average molecular weight is 651 g/mol. The lowest BCUT2D eigenvalue weighted by Gasteiger charge is -2.42. The van der Waals surface area contributed by atoms with E-state index in [1.165, 1.54) is 0 Å². The highest BCUT2D eigenvalue weighted by Crippen LogP contribution is 2.61. The maximum absolute atomic E-state index is 14.2. The SMILES string of the molecule is CC(=O)OC(CC1CC2CC(OCOC(CC3CC4CC3C(C)C4C)(C(F)(F)F)C(F)(F)F)C1C2)(C(F)(F)F)C(F)(F)F. The number of alkyl halides is 12. The van der Waals surface area contributed by atoms with Gasteiger partial charge in [-0.25, -0.2) is 0 Å². The number of ether oxygens (including phenoxy) is 3. The first-order valence-corrected chi connectivity index (χ1v) is 14.2. The minimum absolute atomic E-state index is 0.00103. The Bertz CT molecular complexity index is 989. The van der Waals surface area contributed by atoms with Crippen LogP contribution in [-0.2, 0) is 19.0 Å². The number of carbonyl (C=O) groups is 1. The number of hydrogen-bond donors (Lipinski definition) is 0. The van der Waals surface area contributed by atoms with Crippen LogP contribution in [0.15, 0.2) is 0 Å². The highest BCUT2D eigenvalue weighted by molar-refractivity contribution is 5.66.